The molecule has 0 radical (unpaired) electrons. The van der Waals surface area contributed by atoms with Crippen molar-refractivity contribution in [2.45, 2.75) is 39.7 Å². The third-order valence-electron chi connectivity index (χ3n) is 3.62. The van der Waals surface area contributed by atoms with Crippen molar-refractivity contribution in [1.82, 2.24) is 4.57 Å². The number of pyridine rings is 1. The summed E-state index contributed by atoms with van der Waals surface area (Å²) < 4.78 is 1.63. The summed E-state index contributed by atoms with van der Waals surface area (Å²) in [7, 11) is 0. The van der Waals surface area contributed by atoms with Crippen molar-refractivity contribution in [3.8, 4) is 0 Å². The van der Waals surface area contributed by atoms with Gasteiger partial charge in [-0.1, -0.05) is 0 Å². The topological polar surface area (TPSA) is 59.3 Å². The van der Waals surface area contributed by atoms with Crippen molar-refractivity contribution >= 4 is 5.97 Å². The Balaban J connectivity index is 2.62. The predicted octanol–water partition coefficient (Wildman–Crippen LogP) is 2.13. The molecule has 4 heteroatoms. The molecule has 0 aliphatic heterocycles. The van der Waals surface area contributed by atoms with E-state index in [-0.39, 0.29) is 17.2 Å². The summed E-state index contributed by atoms with van der Waals surface area (Å²) in [4.78, 5) is 23.2. The lowest BCUT2D eigenvalue weighted by Gasteiger charge is -2.20. The van der Waals surface area contributed by atoms with E-state index in [0.29, 0.717) is 17.2 Å². The molecule has 1 saturated carbocycles. The van der Waals surface area contributed by atoms with Crippen LogP contribution < -0.4 is 5.56 Å². The van der Waals surface area contributed by atoms with E-state index in [2.05, 4.69) is 0 Å². The Bertz CT molecular complexity index is 526. The molecule has 1 N–H and O–H groups in total. The minimum absolute atomic E-state index is 0.0931. The summed E-state index contributed by atoms with van der Waals surface area (Å²) >= 11 is 0. The zero-order valence-electron chi connectivity index (χ0n) is 10.4. The summed E-state index contributed by atoms with van der Waals surface area (Å²) in [5.74, 6) is -0.438. The van der Waals surface area contributed by atoms with Crippen molar-refractivity contribution < 1.29 is 9.90 Å². The molecular formula is C13H17NO3. The van der Waals surface area contributed by atoms with Gasteiger partial charge in [0.1, 0.15) is 0 Å². The molecule has 1 aromatic rings. The largest absolute Gasteiger partial charge is 0.478 e. The summed E-state index contributed by atoms with van der Waals surface area (Å²) in [6.07, 6.45) is 2.26. The van der Waals surface area contributed by atoms with Gasteiger partial charge in [-0.05, 0) is 45.1 Å². The smallest absolute Gasteiger partial charge is 0.337 e. The SMILES string of the molecule is Cc1cc(=O)n(C(C)C2CC2)c(C)c1C(=O)O. The molecular weight excluding hydrogens is 218 g/mol. The zero-order chi connectivity index (χ0) is 12.7. The number of hydrogen-bond acceptors (Lipinski definition) is 2. The second-order valence-electron chi connectivity index (χ2n) is 4.88. The van der Waals surface area contributed by atoms with Crippen LogP contribution in [0.15, 0.2) is 10.9 Å². The summed E-state index contributed by atoms with van der Waals surface area (Å²) in [6, 6.07) is 1.52. The molecule has 1 aliphatic carbocycles. The van der Waals surface area contributed by atoms with Gasteiger partial charge in [-0.25, -0.2) is 4.79 Å². The highest BCUT2D eigenvalue weighted by Gasteiger charge is 2.31. The fraction of sp³-hybridized carbons (Fsp3) is 0.538. The van der Waals surface area contributed by atoms with E-state index in [9.17, 15) is 14.7 Å². The summed E-state index contributed by atoms with van der Waals surface area (Å²) in [6.45, 7) is 5.38. The van der Waals surface area contributed by atoms with Gasteiger partial charge in [-0.2, -0.15) is 0 Å². The molecule has 1 aromatic heterocycles. The third kappa shape index (κ3) is 1.99. The van der Waals surface area contributed by atoms with E-state index in [1.807, 2.05) is 6.92 Å². The number of carboxylic acids is 1. The lowest BCUT2D eigenvalue weighted by Crippen LogP contribution is -2.28. The quantitative estimate of drug-likeness (QED) is 0.873. The van der Waals surface area contributed by atoms with Gasteiger partial charge in [-0.3, -0.25) is 4.79 Å². The first-order chi connectivity index (χ1) is 7.93. The maximum atomic E-state index is 12.0. The van der Waals surface area contributed by atoms with Crippen molar-refractivity contribution in [1.29, 1.82) is 0 Å². The van der Waals surface area contributed by atoms with Crippen LogP contribution in [-0.2, 0) is 0 Å². The van der Waals surface area contributed by atoms with Crippen LogP contribution in [0.5, 0.6) is 0 Å². The van der Waals surface area contributed by atoms with Gasteiger partial charge in [0.25, 0.3) is 5.56 Å². The molecule has 1 heterocycles. The molecule has 17 heavy (non-hydrogen) atoms. The van der Waals surface area contributed by atoms with Gasteiger partial charge < -0.3 is 9.67 Å². The van der Waals surface area contributed by atoms with Crippen LogP contribution in [0.4, 0.5) is 0 Å². The molecule has 1 fully saturated rings. The first-order valence-electron chi connectivity index (χ1n) is 5.89. The van der Waals surface area contributed by atoms with Crippen LogP contribution in [0.1, 0.15) is 47.4 Å². The van der Waals surface area contributed by atoms with Gasteiger partial charge in [0.15, 0.2) is 0 Å². The minimum Gasteiger partial charge on any atom is -0.478 e. The average Bonchev–Trinajstić information content (AvgIpc) is 2.97. The normalized spacial score (nSPS) is 16.9. The van der Waals surface area contributed by atoms with E-state index < -0.39 is 5.97 Å². The lowest BCUT2D eigenvalue weighted by molar-refractivity contribution is 0.0693. The maximum absolute atomic E-state index is 12.0. The molecule has 0 spiro atoms. The standard InChI is InChI=1S/C13H17NO3/c1-7-6-11(15)14(8(2)10-4-5-10)9(3)12(7)13(16)17/h6,8,10H,4-5H2,1-3H3,(H,16,17). The fourth-order valence-corrected chi connectivity index (χ4v) is 2.52. The van der Waals surface area contributed by atoms with Crippen LogP contribution in [0.2, 0.25) is 0 Å². The number of carboxylic acid groups (broad SMARTS) is 1. The Morgan fingerprint density at radius 1 is 1.47 bits per heavy atom. The lowest BCUT2D eigenvalue weighted by atomic mass is 10.1. The van der Waals surface area contributed by atoms with Crippen molar-refractivity contribution in [3.05, 3.63) is 33.2 Å². The monoisotopic (exact) mass is 235 g/mol. The number of rotatable bonds is 3. The average molecular weight is 235 g/mol. The second-order valence-corrected chi connectivity index (χ2v) is 4.88. The first-order valence-corrected chi connectivity index (χ1v) is 5.89. The molecule has 1 aliphatic rings. The van der Waals surface area contributed by atoms with Crippen molar-refractivity contribution in [2.24, 2.45) is 5.92 Å². The number of hydrogen-bond donors (Lipinski definition) is 1. The molecule has 4 nitrogen and oxygen atoms in total. The highest BCUT2D eigenvalue weighted by Crippen LogP contribution is 2.39. The Labute approximate surface area is 99.9 Å². The van der Waals surface area contributed by atoms with Crippen LogP contribution in [0.3, 0.4) is 0 Å². The molecule has 0 aromatic carbocycles. The minimum atomic E-state index is -0.961. The predicted molar refractivity (Wildman–Crippen MR) is 64.6 cm³/mol. The Morgan fingerprint density at radius 2 is 2.06 bits per heavy atom. The first kappa shape index (κ1) is 11.9. The Hall–Kier alpha value is -1.58. The molecule has 1 unspecified atom stereocenters. The van der Waals surface area contributed by atoms with Crippen LogP contribution in [-0.4, -0.2) is 15.6 Å². The van der Waals surface area contributed by atoms with Crippen LogP contribution in [0.25, 0.3) is 0 Å². The number of nitrogens with zero attached hydrogens (tertiary/aromatic N) is 1. The molecule has 0 bridgehead atoms. The molecule has 1 atom stereocenters. The number of aromatic nitrogens is 1. The molecule has 2 rings (SSSR count). The van der Waals surface area contributed by atoms with Gasteiger partial charge in [0.05, 0.1) is 5.56 Å². The Morgan fingerprint density at radius 3 is 2.53 bits per heavy atom. The zero-order valence-corrected chi connectivity index (χ0v) is 10.4. The van der Waals surface area contributed by atoms with Gasteiger partial charge in [0, 0.05) is 17.8 Å². The maximum Gasteiger partial charge on any atom is 0.337 e. The number of aryl methyl sites for hydroxylation is 1. The molecule has 92 valence electrons. The van der Waals surface area contributed by atoms with Gasteiger partial charge in [-0.15, -0.1) is 0 Å². The Kier molecular flexibility index (Phi) is 2.81. The highest BCUT2D eigenvalue weighted by molar-refractivity contribution is 5.90. The second kappa shape index (κ2) is 4.02. The van der Waals surface area contributed by atoms with E-state index in [1.54, 1.807) is 18.4 Å². The molecule has 0 saturated heterocycles. The number of carbonyl (C=O) groups is 1. The van der Waals surface area contributed by atoms with E-state index in [1.165, 1.54) is 6.07 Å². The van der Waals surface area contributed by atoms with Crippen LogP contribution in [0, 0.1) is 19.8 Å². The molecule has 0 amide bonds. The van der Waals surface area contributed by atoms with Gasteiger partial charge >= 0.3 is 5.97 Å². The van der Waals surface area contributed by atoms with Crippen LogP contribution >= 0.6 is 0 Å². The van der Waals surface area contributed by atoms with E-state index in [0.717, 1.165) is 12.8 Å². The fourth-order valence-electron chi connectivity index (χ4n) is 2.52. The number of aromatic carboxylic acids is 1. The van der Waals surface area contributed by atoms with Gasteiger partial charge in [0.2, 0.25) is 0 Å². The summed E-state index contributed by atoms with van der Waals surface area (Å²) in [5.41, 5.74) is 1.28. The highest BCUT2D eigenvalue weighted by atomic mass is 16.4. The summed E-state index contributed by atoms with van der Waals surface area (Å²) in [5, 5.41) is 9.18. The van der Waals surface area contributed by atoms with E-state index >= 15 is 0 Å². The van der Waals surface area contributed by atoms with Crippen molar-refractivity contribution in [2.75, 3.05) is 0 Å². The van der Waals surface area contributed by atoms with E-state index in [4.69, 9.17) is 0 Å². The van der Waals surface area contributed by atoms with Crippen molar-refractivity contribution in [3.63, 3.8) is 0 Å². The third-order valence-corrected chi connectivity index (χ3v) is 3.62.